The summed E-state index contributed by atoms with van der Waals surface area (Å²) < 4.78 is 4.79. The van der Waals surface area contributed by atoms with Gasteiger partial charge in [0, 0.05) is 20.7 Å². The monoisotopic (exact) mass is 267 g/mol. The summed E-state index contributed by atoms with van der Waals surface area (Å²) >= 11 is 0. The molecule has 8 heteroatoms. The van der Waals surface area contributed by atoms with Gasteiger partial charge < -0.3 is 20.7 Å². The van der Waals surface area contributed by atoms with E-state index >= 15 is 0 Å². The predicted octanol–water partition coefficient (Wildman–Crippen LogP) is -0.989. The number of methoxy groups -OCH3 is 1. The lowest BCUT2D eigenvalue weighted by Crippen LogP contribution is -2.38. The van der Waals surface area contributed by atoms with Crippen molar-refractivity contribution >= 4 is 17.6 Å². The third kappa shape index (κ3) is 5.30. The summed E-state index contributed by atoms with van der Waals surface area (Å²) in [6, 6.07) is 0. The lowest BCUT2D eigenvalue weighted by atomic mass is 10.4. The lowest BCUT2D eigenvalue weighted by molar-refractivity contribution is -0.120. The topological polar surface area (TPSA) is 105 Å². The second-order valence-corrected chi connectivity index (χ2v) is 3.56. The van der Waals surface area contributed by atoms with Gasteiger partial charge in [-0.1, -0.05) is 0 Å². The SMILES string of the molecule is CNc1cncc(C(=O)NCC(=O)NCCOC)n1. The van der Waals surface area contributed by atoms with Crippen molar-refractivity contribution in [3.8, 4) is 0 Å². The molecule has 0 saturated carbocycles. The first-order valence-electron chi connectivity index (χ1n) is 5.71. The minimum Gasteiger partial charge on any atom is -0.383 e. The molecule has 0 aliphatic carbocycles. The highest BCUT2D eigenvalue weighted by Crippen LogP contribution is 2.00. The van der Waals surface area contributed by atoms with E-state index in [-0.39, 0.29) is 18.1 Å². The number of carbonyl (C=O) groups excluding carboxylic acids is 2. The van der Waals surface area contributed by atoms with Crippen LogP contribution in [0.3, 0.4) is 0 Å². The molecule has 0 aliphatic rings. The van der Waals surface area contributed by atoms with Crippen molar-refractivity contribution < 1.29 is 14.3 Å². The van der Waals surface area contributed by atoms with Crippen molar-refractivity contribution in [2.24, 2.45) is 0 Å². The molecule has 2 amide bonds. The first-order chi connectivity index (χ1) is 9.17. The Hall–Kier alpha value is -2.22. The van der Waals surface area contributed by atoms with Gasteiger partial charge in [-0.3, -0.25) is 14.6 Å². The average Bonchev–Trinajstić information content (AvgIpc) is 2.45. The molecular weight excluding hydrogens is 250 g/mol. The molecule has 1 aromatic rings. The number of ether oxygens (including phenoxy) is 1. The molecule has 0 atom stereocenters. The molecule has 1 heterocycles. The highest BCUT2D eigenvalue weighted by Gasteiger charge is 2.10. The van der Waals surface area contributed by atoms with E-state index in [1.54, 1.807) is 14.2 Å². The highest BCUT2D eigenvalue weighted by atomic mass is 16.5. The molecule has 19 heavy (non-hydrogen) atoms. The molecule has 1 rings (SSSR count). The second kappa shape index (κ2) is 7.98. The summed E-state index contributed by atoms with van der Waals surface area (Å²) in [4.78, 5) is 30.9. The molecule has 0 radical (unpaired) electrons. The van der Waals surface area contributed by atoms with E-state index in [9.17, 15) is 9.59 Å². The van der Waals surface area contributed by atoms with Crippen LogP contribution in [0.5, 0.6) is 0 Å². The van der Waals surface area contributed by atoms with Gasteiger partial charge in [-0.25, -0.2) is 4.98 Å². The van der Waals surface area contributed by atoms with Crippen molar-refractivity contribution in [2.75, 3.05) is 39.2 Å². The maximum Gasteiger partial charge on any atom is 0.272 e. The van der Waals surface area contributed by atoms with Crippen LogP contribution in [0.25, 0.3) is 0 Å². The molecule has 0 spiro atoms. The van der Waals surface area contributed by atoms with Crippen molar-refractivity contribution in [3.63, 3.8) is 0 Å². The van der Waals surface area contributed by atoms with Crippen LogP contribution in [-0.2, 0) is 9.53 Å². The summed E-state index contributed by atoms with van der Waals surface area (Å²) in [5.41, 5.74) is 0.150. The van der Waals surface area contributed by atoms with E-state index in [0.29, 0.717) is 19.0 Å². The molecule has 3 N–H and O–H groups in total. The number of carbonyl (C=O) groups is 2. The van der Waals surface area contributed by atoms with Gasteiger partial charge in [0.2, 0.25) is 5.91 Å². The molecule has 0 saturated heterocycles. The Kier molecular flexibility index (Phi) is 6.23. The van der Waals surface area contributed by atoms with Crippen LogP contribution >= 0.6 is 0 Å². The minimum absolute atomic E-state index is 0.117. The van der Waals surface area contributed by atoms with Crippen molar-refractivity contribution in [1.82, 2.24) is 20.6 Å². The Morgan fingerprint density at radius 2 is 2.11 bits per heavy atom. The van der Waals surface area contributed by atoms with Gasteiger partial charge in [0.1, 0.15) is 11.5 Å². The van der Waals surface area contributed by atoms with E-state index in [1.807, 2.05) is 0 Å². The molecule has 104 valence electrons. The molecule has 0 fully saturated rings. The number of nitrogens with zero attached hydrogens (tertiary/aromatic N) is 2. The summed E-state index contributed by atoms with van der Waals surface area (Å²) in [7, 11) is 3.22. The zero-order valence-corrected chi connectivity index (χ0v) is 10.9. The van der Waals surface area contributed by atoms with Gasteiger partial charge in [-0.05, 0) is 0 Å². The molecule has 8 nitrogen and oxygen atoms in total. The first-order valence-corrected chi connectivity index (χ1v) is 5.71. The van der Waals surface area contributed by atoms with Crippen LogP contribution in [-0.4, -0.2) is 55.6 Å². The number of nitrogens with one attached hydrogen (secondary N) is 3. The first kappa shape index (κ1) is 14.8. The molecule has 0 unspecified atom stereocenters. The van der Waals surface area contributed by atoms with Crippen LogP contribution in [0.1, 0.15) is 10.5 Å². The number of hydrogen-bond donors (Lipinski definition) is 3. The van der Waals surface area contributed by atoms with E-state index < -0.39 is 5.91 Å². The zero-order valence-electron chi connectivity index (χ0n) is 10.9. The Balaban J connectivity index is 2.40. The Labute approximate surface area is 111 Å². The Morgan fingerprint density at radius 3 is 2.79 bits per heavy atom. The molecule has 0 aromatic carbocycles. The maximum atomic E-state index is 11.7. The number of anilines is 1. The third-order valence-corrected chi connectivity index (χ3v) is 2.16. The standard InChI is InChI=1S/C11H17N5O3/c1-12-9-6-13-5-8(16-9)11(18)15-7-10(17)14-3-4-19-2/h5-6H,3-4,7H2,1-2H3,(H,12,16)(H,14,17)(H,15,18). The molecule has 0 bridgehead atoms. The van der Waals surface area contributed by atoms with Gasteiger partial charge in [0.25, 0.3) is 5.91 Å². The van der Waals surface area contributed by atoms with Gasteiger partial charge in [0.05, 0.1) is 25.5 Å². The van der Waals surface area contributed by atoms with E-state index in [2.05, 4.69) is 25.9 Å². The van der Waals surface area contributed by atoms with Crippen LogP contribution in [0.15, 0.2) is 12.4 Å². The highest BCUT2D eigenvalue weighted by molar-refractivity contribution is 5.94. The number of hydrogen-bond acceptors (Lipinski definition) is 6. The van der Waals surface area contributed by atoms with Gasteiger partial charge in [-0.15, -0.1) is 0 Å². The fourth-order valence-corrected chi connectivity index (χ4v) is 1.20. The summed E-state index contributed by atoms with van der Waals surface area (Å²) in [6.45, 7) is 0.712. The third-order valence-electron chi connectivity index (χ3n) is 2.16. The zero-order chi connectivity index (χ0) is 14.1. The predicted molar refractivity (Wildman–Crippen MR) is 68.8 cm³/mol. The van der Waals surface area contributed by atoms with E-state index in [1.165, 1.54) is 12.4 Å². The van der Waals surface area contributed by atoms with E-state index in [4.69, 9.17) is 4.74 Å². The van der Waals surface area contributed by atoms with Gasteiger partial charge in [-0.2, -0.15) is 0 Å². The van der Waals surface area contributed by atoms with Crippen LogP contribution in [0.4, 0.5) is 5.82 Å². The Morgan fingerprint density at radius 1 is 1.32 bits per heavy atom. The number of amides is 2. The van der Waals surface area contributed by atoms with Gasteiger partial charge in [0.15, 0.2) is 0 Å². The fourth-order valence-electron chi connectivity index (χ4n) is 1.20. The van der Waals surface area contributed by atoms with Crippen LogP contribution in [0.2, 0.25) is 0 Å². The van der Waals surface area contributed by atoms with Crippen molar-refractivity contribution in [3.05, 3.63) is 18.1 Å². The smallest absolute Gasteiger partial charge is 0.272 e. The maximum absolute atomic E-state index is 11.7. The average molecular weight is 267 g/mol. The fraction of sp³-hybridized carbons (Fsp3) is 0.455. The number of aromatic nitrogens is 2. The van der Waals surface area contributed by atoms with E-state index in [0.717, 1.165) is 0 Å². The normalized spacial score (nSPS) is 9.79. The van der Waals surface area contributed by atoms with Crippen molar-refractivity contribution in [1.29, 1.82) is 0 Å². The molecular formula is C11H17N5O3. The van der Waals surface area contributed by atoms with Crippen LogP contribution < -0.4 is 16.0 Å². The Bertz CT molecular complexity index is 438. The summed E-state index contributed by atoms with van der Waals surface area (Å²) in [6.07, 6.45) is 2.83. The summed E-state index contributed by atoms with van der Waals surface area (Å²) in [5.74, 6) is -0.258. The summed E-state index contributed by atoms with van der Waals surface area (Å²) in [5, 5.41) is 7.82. The van der Waals surface area contributed by atoms with Crippen molar-refractivity contribution in [2.45, 2.75) is 0 Å². The second-order valence-electron chi connectivity index (χ2n) is 3.56. The largest absolute Gasteiger partial charge is 0.383 e. The minimum atomic E-state index is -0.452. The molecule has 0 aliphatic heterocycles. The van der Waals surface area contributed by atoms with Gasteiger partial charge >= 0.3 is 0 Å². The quantitative estimate of drug-likeness (QED) is 0.548. The molecule has 1 aromatic heterocycles. The number of rotatable bonds is 7. The van der Waals surface area contributed by atoms with Crippen LogP contribution in [0, 0.1) is 0 Å². The lowest BCUT2D eigenvalue weighted by Gasteiger charge is -2.06.